The maximum atomic E-state index is 12.6. The molecule has 0 aliphatic heterocycles. The first-order chi connectivity index (χ1) is 11.9. The third-order valence-corrected chi connectivity index (χ3v) is 6.56. The number of hydrogen-bond acceptors (Lipinski definition) is 3. The molecule has 0 atom stereocenters. The molecule has 0 spiro atoms. The Morgan fingerprint density at radius 3 is 2.36 bits per heavy atom. The van der Waals surface area contributed by atoms with Gasteiger partial charge in [-0.15, -0.1) is 0 Å². The highest BCUT2D eigenvalue weighted by atomic mass is 32.1. The molecule has 0 aromatic heterocycles. The van der Waals surface area contributed by atoms with Crippen molar-refractivity contribution in [2.24, 2.45) is 23.2 Å². The van der Waals surface area contributed by atoms with Crippen molar-refractivity contribution < 1.29 is 9.90 Å². The summed E-state index contributed by atoms with van der Waals surface area (Å²) >= 11 is 5.26. The van der Waals surface area contributed by atoms with Crippen molar-refractivity contribution >= 4 is 28.9 Å². The van der Waals surface area contributed by atoms with Crippen LogP contribution >= 0.6 is 12.2 Å². The molecule has 4 nitrogen and oxygen atoms in total. The number of thiocarbonyl (C=S) groups is 1. The summed E-state index contributed by atoms with van der Waals surface area (Å²) in [7, 11) is 0. The first-order valence-electron chi connectivity index (χ1n) is 9.31. The van der Waals surface area contributed by atoms with Crippen molar-refractivity contribution in [1.82, 2.24) is 5.32 Å². The lowest BCUT2D eigenvalue weighted by Gasteiger charge is -2.56. The molecule has 1 aromatic rings. The van der Waals surface area contributed by atoms with E-state index in [1.807, 2.05) is 13.0 Å². The van der Waals surface area contributed by atoms with Gasteiger partial charge in [-0.3, -0.25) is 4.79 Å². The van der Waals surface area contributed by atoms with Crippen LogP contribution in [-0.2, 0) is 4.79 Å². The Kier molecular flexibility index (Phi) is 4.22. The average molecular weight is 359 g/mol. The highest BCUT2D eigenvalue weighted by molar-refractivity contribution is 7.80. The van der Waals surface area contributed by atoms with Crippen molar-refractivity contribution in [1.29, 1.82) is 0 Å². The summed E-state index contributed by atoms with van der Waals surface area (Å²) in [5.41, 5.74) is 1.70. The van der Waals surface area contributed by atoms with Gasteiger partial charge in [-0.1, -0.05) is 6.07 Å². The third-order valence-electron chi connectivity index (χ3n) is 6.36. The fraction of sp³-hybridized carbons (Fsp3) is 0.600. The minimum atomic E-state index is 0.00560. The Hall–Kier alpha value is -1.62. The molecule has 5 heteroatoms. The standard InChI is InChI=1S/C20H26N2O2S/c1-12-2-3-16(17(23)4-12)21-19(25)22-18(24)11-20-8-13-5-14(9-20)7-15(6-13)10-20/h2-4,13-15,23H,5-11H2,1H3,(H2,21,22,24,25). The molecule has 5 rings (SSSR count). The Bertz CT molecular complexity index is 680. The number of nitrogens with one attached hydrogen (secondary N) is 2. The van der Waals surface area contributed by atoms with Gasteiger partial charge in [-0.25, -0.2) is 0 Å². The van der Waals surface area contributed by atoms with E-state index in [4.69, 9.17) is 12.2 Å². The lowest BCUT2D eigenvalue weighted by molar-refractivity contribution is -0.127. The minimum Gasteiger partial charge on any atom is -0.506 e. The molecule has 0 radical (unpaired) electrons. The van der Waals surface area contributed by atoms with E-state index >= 15 is 0 Å². The number of benzene rings is 1. The minimum absolute atomic E-state index is 0.00560. The highest BCUT2D eigenvalue weighted by Crippen LogP contribution is 2.61. The van der Waals surface area contributed by atoms with Crippen molar-refractivity contribution in [2.45, 2.75) is 51.9 Å². The van der Waals surface area contributed by atoms with Crippen molar-refractivity contribution in [3.8, 4) is 5.75 Å². The quantitative estimate of drug-likeness (QED) is 0.562. The predicted octanol–water partition coefficient (Wildman–Crippen LogP) is 4.12. The van der Waals surface area contributed by atoms with Gasteiger partial charge in [0.05, 0.1) is 5.69 Å². The molecule has 0 heterocycles. The van der Waals surface area contributed by atoms with Crippen LogP contribution in [0.3, 0.4) is 0 Å². The summed E-state index contributed by atoms with van der Waals surface area (Å²) in [6.45, 7) is 1.91. The number of phenols is 1. The first kappa shape index (κ1) is 16.8. The number of hydrogen-bond donors (Lipinski definition) is 3. The number of aromatic hydroxyl groups is 1. The van der Waals surface area contributed by atoms with Gasteiger partial charge in [0, 0.05) is 6.42 Å². The zero-order valence-corrected chi connectivity index (χ0v) is 15.5. The zero-order valence-electron chi connectivity index (χ0n) is 14.7. The molecule has 4 saturated carbocycles. The van der Waals surface area contributed by atoms with Gasteiger partial charge in [0.15, 0.2) is 5.11 Å². The van der Waals surface area contributed by atoms with Crippen LogP contribution in [0.5, 0.6) is 5.75 Å². The molecular weight excluding hydrogens is 332 g/mol. The Labute approximate surface area is 154 Å². The topological polar surface area (TPSA) is 61.4 Å². The largest absolute Gasteiger partial charge is 0.506 e. The molecular formula is C20H26N2O2S. The van der Waals surface area contributed by atoms with Crippen molar-refractivity contribution in [2.75, 3.05) is 5.32 Å². The second-order valence-electron chi connectivity index (χ2n) is 8.62. The summed E-state index contributed by atoms with van der Waals surface area (Å²) in [5, 5.41) is 16.0. The van der Waals surface area contributed by atoms with Crippen LogP contribution < -0.4 is 10.6 Å². The fourth-order valence-electron chi connectivity index (χ4n) is 5.92. The van der Waals surface area contributed by atoms with E-state index in [0.29, 0.717) is 12.1 Å². The highest BCUT2D eigenvalue weighted by Gasteiger charge is 2.51. The number of rotatable bonds is 3. The molecule has 1 aromatic carbocycles. The van der Waals surface area contributed by atoms with Gasteiger partial charge >= 0.3 is 0 Å². The average Bonchev–Trinajstić information content (AvgIpc) is 2.47. The van der Waals surface area contributed by atoms with Crippen LogP contribution in [0.4, 0.5) is 5.69 Å². The van der Waals surface area contributed by atoms with E-state index in [0.717, 1.165) is 23.3 Å². The van der Waals surface area contributed by atoms with Crippen molar-refractivity contribution in [3.63, 3.8) is 0 Å². The summed E-state index contributed by atoms with van der Waals surface area (Å²) in [5.74, 6) is 2.67. The molecule has 0 unspecified atom stereocenters. The Morgan fingerprint density at radius 2 is 1.80 bits per heavy atom. The van der Waals surface area contributed by atoms with E-state index in [1.54, 1.807) is 12.1 Å². The van der Waals surface area contributed by atoms with Crippen LogP contribution in [0, 0.1) is 30.1 Å². The van der Waals surface area contributed by atoms with E-state index in [9.17, 15) is 9.90 Å². The normalized spacial score (nSPS) is 32.4. The fourth-order valence-corrected chi connectivity index (χ4v) is 6.14. The maximum Gasteiger partial charge on any atom is 0.226 e. The molecule has 3 N–H and O–H groups in total. The number of phenolic OH excluding ortho intramolecular Hbond substituents is 1. The smallest absolute Gasteiger partial charge is 0.226 e. The predicted molar refractivity (Wildman–Crippen MR) is 102 cm³/mol. The van der Waals surface area contributed by atoms with Gasteiger partial charge in [0.1, 0.15) is 5.75 Å². The van der Waals surface area contributed by atoms with Crippen LogP contribution in [0.25, 0.3) is 0 Å². The number of carbonyl (C=O) groups excluding carboxylic acids is 1. The Balaban J connectivity index is 1.35. The molecule has 4 bridgehead atoms. The SMILES string of the molecule is Cc1ccc(NC(=S)NC(=O)CC23CC4CC(CC(C4)C2)C3)c(O)c1. The van der Waals surface area contributed by atoms with Crippen LogP contribution in [0.15, 0.2) is 18.2 Å². The summed E-state index contributed by atoms with van der Waals surface area (Å²) in [4.78, 5) is 12.6. The molecule has 4 aliphatic rings. The summed E-state index contributed by atoms with van der Waals surface area (Å²) in [6, 6.07) is 5.33. The molecule has 4 aliphatic carbocycles. The van der Waals surface area contributed by atoms with Gasteiger partial charge in [-0.05, 0) is 98.5 Å². The number of anilines is 1. The molecule has 134 valence electrons. The van der Waals surface area contributed by atoms with Crippen molar-refractivity contribution in [3.05, 3.63) is 23.8 Å². The molecule has 1 amide bonds. The third kappa shape index (κ3) is 3.52. The maximum absolute atomic E-state index is 12.6. The van der Waals surface area contributed by atoms with Crippen LogP contribution in [0.2, 0.25) is 0 Å². The van der Waals surface area contributed by atoms with E-state index in [2.05, 4.69) is 10.6 Å². The first-order valence-corrected chi connectivity index (χ1v) is 9.72. The van der Waals surface area contributed by atoms with Gasteiger partial charge in [-0.2, -0.15) is 0 Å². The number of aryl methyl sites for hydroxylation is 1. The lowest BCUT2D eigenvalue weighted by atomic mass is 9.49. The second-order valence-corrected chi connectivity index (χ2v) is 9.03. The van der Waals surface area contributed by atoms with E-state index in [1.165, 1.54) is 38.5 Å². The van der Waals surface area contributed by atoms with Gasteiger partial charge < -0.3 is 15.7 Å². The van der Waals surface area contributed by atoms with E-state index < -0.39 is 0 Å². The van der Waals surface area contributed by atoms with E-state index in [-0.39, 0.29) is 22.2 Å². The lowest BCUT2D eigenvalue weighted by Crippen LogP contribution is -2.48. The summed E-state index contributed by atoms with van der Waals surface area (Å²) < 4.78 is 0. The van der Waals surface area contributed by atoms with Crippen LogP contribution in [-0.4, -0.2) is 16.1 Å². The molecule has 0 saturated heterocycles. The van der Waals surface area contributed by atoms with Gasteiger partial charge in [0.2, 0.25) is 5.91 Å². The number of amides is 1. The van der Waals surface area contributed by atoms with Crippen LogP contribution in [0.1, 0.15) is 50.5 Å². The second kappa shape index (κ2) is 6.27. The zero-order chi connectivity index (χ0) is 17.6. The molecule has 25 heavy (non-hydrogen) atoms. The molecule has 4 fully saturated rings. The Morgan fingerprint density at radius 1 is 1.20 bits per heavy atom. The van der Waals surface area contributed by atoms with Gasteiger partial charge in [0.25, 0.3) is 0 Å². The number of carbonyl (C=O) groups is 1. The summed E-state index contributed by atoms with van der Waals surface area (Å²) in [6.07, 6.45) is 8.37. The monoisotopic (exact) mass is 358 g/mol.